The van der Waals surface area contributed by atoms with Crippen molar-refractivity contribution >= 4 is 16.8 Å². The van der Waals surface area contributed by atoms with Crippen molar-refractivity contribution in [2.75, 3.05) is 32.7 Å². The fourth-order valence-electron chi connectivity index (χ4n) is 2.35. The highest BCUT2D eigenvalue weighted by Gasteiger charge is 2.38. The standard InChI is InChI=1S/C13H36N4Si2/c1-8-14-19(15-9-2,17(10-3)11-4)16-12-13-18(5,6)7/h14-16H,8-13H2,1-7H3. The van der Waals surface area contributed by atoms with Gasteiger partial charge < -0.3 is 14.9 Å². The number of hydrogen-bond acceptors (Lipinski definition) is 4. The van der Waals surface area contributed by atoms with E-state index in [2.05, 4.69) is 66.8 Å². The van der Waals surface area contributed by atoms with Crippen molar-refractivity contribution in [1.82, 2.24) is 19.5 Å². The molecule has 116 valence electrons. The van der Waals surface area contributed by atoms with Crippen molar-refractivity contribution in [2.45, 2.75) is 53.4 Å². The van der Waals surface area contributed by atoms with Crippen molar-refractivity contribution in [3.63, 3.8) is 0 Å². The maximum atomic E-state index is 3.87. The van der Waals surface area contributed by atoms with Gasteiger partial charge >= 0.3 is 8.72 Å². The van der Waals surface area contributed by atoms with E-state index in [0.717, 1.165) is 32.7 Å². The first-order valence-electron chi connectivity index (χ1n) is 7.85. The zero-order valence-electron chi connectivity index (χ0n) is 14.2. The van der Waals surface area contributed by atoms with Gasteiger partial charge in [-0.05, 0) is 38.8 Å². The Balaban J connectivity index is 4.79. The van der Waals surface area contributed by atoms with Crippen LogP contribution in [0.5, 0.6) is 0 Å². The average Bonchev–Trinajstić information content (AvgIpc) is 2.29. The minimum Gasteiger partial charge on any atom is -0.301 e. The second-order valence-electron chi connectivity index (χ2n) is 6.18. The molecule has 0 aliphatic carbocycles. The van der Waals surface area contributed by atoms with Gasteiger partial charge in [-0.15, -0.1) is 0 Å². The monoisotopic (exact) mass is 304 g/mol. The van der Waals surface area contributed by atoms with Gasteiger partial charge in [0.1, 0.15) is 0 Å². The van der Waals surface area contributed by atoms with Crippen molar-refractivity contribution in [2.24, 2.45) is 0 Å². The summed E-state index contributed by atoms with van der Waals surface area (Å²) in [6.45, 7) is 21.5. The number of rotatable bonds is 11. The molecule has 0 atom stereocenters. The van der Waals surface area contributed by atoms with E-state index in [1.54, 1.807) is 0 Å². The first kappa shape index (κ1) is 19.3. The van der Waals surface area contributed by atoms with Gasteiger partial charge in [0.15, 0.2) is 0 Å². The third kappa shape index (κ3) is 7.01. The quantitative estimate of drug-likeness (QED) is 0.510. The predicted octanol–water partition coefficient (Wildman–Crippen LogP) is 1.91. The van der Waals surface area contributed by atoms with E-state index in [1.807, 2.05) is 0 Å². The molecule has 0 radical (unpaired) electrons. The fraction of sp³-hybridized carbons (Fsp3) is 1.00. The van der Waals surface area contributed by atoms with Crippen LogP contribution in [0.3, 0.4) is 0 Å². The van der Waals surface area contributed by atoms with Crippen LogP contribution in [0.1, 0.15) is 27.7 Å². The maximum absolute atomic E-state index is 3.87. The molecule has 0 aliphatic heterocycles. The lowest BCUT2D eigenvalue weighted by molar-refractivity contribution is 0.417. The molecule has 0 rings (SSSR count). The molecule has 0 aromatic rings. The smallest absolute Gasteiger partial charge is 0.301 e. The molecule has 0 bridgehead atoms. The Kier molecular flexibility index (Phi) is 9.39. The lowest BCUT2D eigenvalue weighted by Gasteiger charge is -2.41. The van der Waals surface area contributed by atoms with E-state index in [9.17, 15) is 0 Å². The minimum absolute atomic E-state index is 0.972. The summed E-state index contributed by atoms with van der Waals surface area (Å²) < 4.78 is 2.56. The SMILES string of the molecule is CCN[Si](NCC)(NCC[Si](C)(C)C)N(CC)CC. The Morgan fingerprint density at radius 2 is 1.26 bits per heavy atom. The number of hydrogen-bond donors (Lipinski definition) is 3. The molecule has 0 saturated carbocycles. The van der Waals surface area contributed by atoms with Crippen LogP contribution in [-0.4, -0.2) is 54.1 Å². The number of nitrogens with zero attached hydrogens (tertiary/aromatic N) is 1. The summed E-state index contributed by atoms with van der Waals surface area (Å²) in [6, 6.07) is 1.33. The van der Waals surface area contributed by atoms with Crippen LogP contribution in [0, 0.1) is 0 Å². The zero-order chi connectivity index (χ0) is 14.9. The summed E-state index contributed by atoms with van der Waals surface area (Å²) >= 11 is 0. The summed E-state index contributed by atoms with van der Waals surface area (Å²) in [5.74, 6) is 0. The molecule has 6 heteroatoms. The average molecular weight is 305 g/mol. The van der Waals surface area contributed by atoms with Crippen molar-refractivity contribution in [3.8, 4) is 0 Å². The van der Waals surface area contributed by atoms with Crippen LogP contribution >= 0.6 is 0 Å². The highest BCUT2D eigenvalue weighted by Crippen LogP contribution is 2.08. The topological polar surface area (TPSA) is 39.3 Å². The molecule has 0 amide bonds. The van der Waals surface area contributed by atoms with Crippen molar-refractivity contribution < 1.29 is 0 Å². The third-order valence-corrected chi connectivity index (χ3v) is 9.18. The van der Waals surface area contributed by atoms with Gasteiger partial charge in [0.05, 0.1) is 0 Å². The molecular formula is C13H36N4Si2. The molecule has 0 heterocycles. The molecule has 3 N–H and O–H groups in total. The van der Waals surface area contributed by atoms with Gasteiger partial charge in [0, 0.05) is 8.07 Å². The predicted molar refractivity (Wildman–Crippen MR) is 92.2 cm³/mol. The summed E-state index contributed by atoms with van der Waals surface area (Å²) in [6.07, 6.45) is 0. The molecule has 0 unspecified atom stereocenters. The van der Waals surface area contributed by atoms with E-state index in [-0.39, 0.29) is 0 Å². The molecular weight excluding hydrogens is 268 g/mol. The van der Waals surface area contributed by atoms with Gasteiger partial charge in [-0.2, -0.15) is 0 Å². The second kappa shape index (κ2) is 9.25. The summed E-state index contributed by atoms with van der Waals surface area (Å²) in [5.41, 5.74) is 0. The minimum atomic E-state index is -1.92. The van der Waals surface area contributed by atoms with Gasteiger partial charge in [0.25, 0.3) is 0 Å². The Morgan fingerprint density at radius 3 is 1.58 bits per heavy atom. The van der Waals surface area contributed by atoms with Crippen molar-refractivity contribution in [1.29, 1.82) is 0 Å². The van der Waals surface area contributed by atoms with Crippen LogP contribution in [0.4, 0.5) is 0 Å². The van der Waals surface area contributed by atoms with Gasteiger partial charge in [-0.25, -0.2) is 0 Å². The van der Waals surface area contributed by atoms with E-state index < -0.39 is 16.8 Å². The van der Waals surface area contributed by atoms with Crippen molar-refractivity contribution in [3.05, 3.63) is 0 Å². The summed E-state index contributed by atoms with van der Waals surface area (Å²) in [4.78, 5) is 11.4. The van der Waals surface area contributed by atoms with E-state index in [1.165, 1.54) is 6.04 Å². The van der Waals surface area contributed by atoms with Crippen LogP contribution in [0.25, 0.3) is 0 Å². The summed E-state index contributed by atoms with van der Waals surface area (Å²) in [5, 5.41) is 0. The Morgan fingerprint density at radius 1 is 0.789 bits per heavy atom. The first-order chi connectivity index (χ1) is 8.85. The molecule has 0 aromatic carbocycles. The van der Waals surface area contributed by atoms with Crippen LogP contribution < -0.4 is 14.9 Å². The molecule has 19 heavy (non-hydrogen) atoms. The maximum Gasteiger partial charge on any atom is 0.368 e. The molecule has 0 spiro atoms. The van der Waals surface area contributed by atoms with Crippen LogP contribution in [0.15, 0.2) is 0 Å². The highest BCUT2D eigenvalue weighted by atomic mass is 28.4. The molecule has 4 nitrogen and oxygen atoms in total. The van der Waals surface area contributed by atoms with E-state index >= 15 is 0 Å². The van der Waals surface area contributed by atoms with E-state index in [0.29, 0.717) is 0 Å². The Labute approximate surface area is 123 Å². The molecule has 0 aromatic heterocycles. The van der Waals surface area contributed by atoms with Crippen LogP contribution in [-0.2, 0) is 0 Å². The fourth-order valence-corrected chi connectivity index (χ4v) is 6.98. The third-order valence-electron chi connectivity index (χ3n) is 3.36. The molecule has 0 fully saturated rings. The first-order valence-corrected chi connectivity index (χ1v) is 13.5. The lowest BCUT2D eigenvalue weighted by Crippen LogP contribution is -2.81. The lowest BCUT2D eigenvalue weighted by atomic mass is 10.7. The molecule has 0 saturated heterocycles. The second-order valence-corrected chi connectivity index (χ2v) is 14.9. The zero-order valence-corrected chi connectivity index (χ0v) is 16.2. The van der Waals surface area contributed by atoms with Crippen LogP contribution in [0.2, 0.25) is 25.7 Å². The van der Waals surface area contributed by atoms with Gasteiger partial charge in [-0.1, -0.05) is 47.3 Å². The summed E-state index contributed by atoms with van der Waals surface area (Å²) in [7, 11) is -2.89. The highest BCUT2D eigenvalue weighted by molar-refractivity contribution is 6.76. The normalized spacial score (nSPS) is 13.3. The van der Waals surface area contributed by atoms with Gasteiger partial charge in [-0.3, -0.25) is 4.57 Å². The van der Waals surface area contributed by atoms with E-state index in [4.69, 9.17) is 0 Å². The largest absolute Gasteiger partial charge is 0.368 e. The Bertz CT molecular complexity index is 221. The Hall–Kier alpha value is 0.274. The number of nitrogens with one attached hydrogen (secondary N) is 3. The molecule has 0 aliphatic rings. The van der Waals surface area contributed by atoms with Gasteiger partial charge in [0.2, 0.25) is 0 Å².